The third-order valence-electron chi connectivity index (χ3n) is 5.58. The number of phenolic OH excluding ortho intramolecular Hbond substituents is 3. The van der Waals surface area contributed by atoms with E-state index >= 15 is 0 Å². The lowest BCUT2D eigenvalue weighted by molar-refractivity contribution is 0.458. The van der Waals surface area contributed by atoms with E-state index in [4.69, 9.17) is 4.74 Å². The van der Waals surface area contributed by atoms with Gasteiger partial charge < -0.3 is 25.0 Å². The number of rotatable bonds is 5. The molecule has 0 atom stereocenters. The molecule has 0 bridgehead atoms. The Hall–Kier alpha value is -4.12. The number of phenols is 3. The summed E-state index contributed by atoms with van der Waals surface area (Å²) in [4.78, 5) is 2.08. The van der Waals surface area contributed by atoms with Crippen molar-refractivity contribution in [2.24, 2.45) is 0 Å². The lowest BCUT2D eigenvalue weighted by atomic mass is 10.1. The van der Waals surface area contributed by atoms with Gasteiger partial charge in [-0.1, -0.05) is 6.07 Å². The Morgan fingerprint density at radius 1 is 0.576 bits per heavy atom. The molecule has 4 rings (SSSR count). The molecule has 0 unspecified atom stereocenters. The molecule has 4 aromatic rings. The summed E-state index contributed by atoms with van der Waals surface area (Å²) >= 11 is 0. The molecule has 0 aromatic heterocycles. The number of ether oxygens (including phenoxy) is 1. The number of anilines is 3. The van der Waals surface area contributed by atoms with Crippen LogP contribution in [-0.2, 0) is 0 Å². The van der Waals surface area contributed by atoms with Gasteiger partial charge in [-0.05, 0) is 111 Å². The van der Waals surface area contributed by atoms with Crippen LogP contribution >= 0.6 is 0 Å². The maximum absolute atomic E-state index is 9.94. The topological polar surface area (TPSA) is 73.2 Å². The number of hydrogen-bond acceptors (Lipinski definition) is 5. The van der Waals surface area contributed by atoms with Crippen LogP contribution < -0.4 is 9.64 Å². The predicted molar refractivity (Wildman–Crippen MR) is 132 cm³/mol. The third-order valence-corrected chi connectivity index (χ3v) is 5.58. The highest BCUT2D eigenvalue weighted by molar-refractivity contribution is 5.81. The van der Waals surface area contributed by atoms with Crippen LogP contribution in [0.5, 0.6) is 28.7 Å². The SMILES string of the molecule is Cc1cc(O)ccc1N(c1cccc(Oc2c(C)cc(O)cc2C)c1)c1ccc(O)cc1C. The Bertz CT molecular complexity index is 1260. The number of nitrogens with zero attached hydrogens (tertiary/aromatic N) is 1. The maximum Gasteiger partial charge on any atom is 0.133 e. The first-order chi connectivity index (χ1) is 15.7. The van der Waals surface area contributed by atoms with E-state index in [2.05, 4.69) is 4.90 Å². The van der Waals surface area contributed by atoms with Crippen LogP contribution in [0.25, 0.3) is 0 Å². The van der Waals surface area contributed by atoms with Gasteiger partial charge in [0.1, 0.15) is 28.7 Å². The van der Waals surface area contributed by atoms with Crippen molar-refractivity contribution in [3.8, 4) is 28.7 Å². The molecular formula is C28H27NO4. The zero-order chi connectivity index (χ0) is 23.7. The molecular weight excluding hydrogens is 414 g/mol. The Labute approximate surface area is 193 Å². The van der Waals surface area contributed by atoms with Gasteiger partial charge in [0.15, 0.2) is 0 Å². The molecule has 0 amide bonds. The largest absolute Gasteiger partial charge is 0.508 e. The molecule has 0 fully saturated rings. The maximum atomic E-state index is 9.94. The number of aryl methyl sites for hydroxylation is 4. The average Bonchev–Trinajstić information content (AvgIpc) is 2.74. The van der Waals surface area contributed by atoms with Crippen molar-refractivity contribution in [1.82, 2.24) is 0 Å². The van der Waals surface area contributed by atoms with Gasteiger partial charge >= 0.3 is 0 Å². The molecule has 0 aliphatic rings. The molecule has 5 nitrogen and oxygen atoms in total. The van der Waals surface area contributed by atoms with Crippen molar-refractivity contribution in [1.29, 1.82) is 0 Å². The van der Waals surface area contributed by atoms with E-state index in [9.17, 15) is 15.3 Å². The summed E-state index contributed by atoms with van der Waals surface area (Å²) in [6.45, 7) is 7.69. The first-order valence-electron chi connectivity index (χ1n) is 10.7. The third kappa shape index (κ3) is 4.58. The van der Waals surface area contributed by atoms with Crippen LogP contribution in [-0.4, -0.2) is 15.3 Å². The van der Waals surface area contributed by atoms with E-state index < -0.39 is 0 Å². The minimum absolute atomic E-state index is 0.203. The lowest BCUT2D eigenvalue weighted by Gasteiger charge is -2.29. The molecule has 3 N–H and O–H groups in total. The summed E-state index contributed by atoms with van der Waals surface area (Å²) in [6, 6.07) is 21.6. The molecule has 0 spiro atoms. The molecule has 0 aliphatic heterocycles. The van der Waals surface area contributed by atoms with Crippen molar-refractivity contribution < 1.29 is 20.1 Å². The van der Waals surface area contributed by atoms with Gasteiger partial charge in [0.2, 0.25) is 0 Å². The van der Waals surface area contributed by atoms with E-state index in [1.54, 1.807) is 36.4 Å². The van der Waals surface area contributed by atoms with E-state index in [0.29, 0.717) is 11.5 Å². The zero-order valence-corrected chi connectivity index (χ0v) is 19.1. The number of hydrogen-bond donors (Lipinski definition) is 3. The van der Waals surface area contributed by atoms with Crippen molar-refractivity contribution in [2.75, 3.05) is 4.90 Å². The molecule has 0 heterocycles. The van der Waals surface area contributed by atoms with E-state index in [1.807, 2.05) is 64.1 Å². The molecule has 4 aromatic carbocycles. The smallest absolute Gasteiger partial charge is 0.133 e. The summed E-state index contributed by atoms with van der Waals surface area (Å²) in [6.07, 6.45) is 0. The zero-order valence-electron chi connectivity index (χ0n) is 19.1. The minimum atomic E-state index is 0.203. The Morgan fingerprint density at radius 3 is 1.61 bits per heavy atom. The molecule has 0 radical (unpaired) electrons. The highest BCUT2D eigenvalue weighted by Crippen LogP contribution is 2.42. The van der Waals surface area contributed by atoms with Crippen LogP contribution in [0.4, 0.5) is 17.1 Å². The van der Waals surface area contributed by atoms with Crippen LogP contribution in [0.3, 0.4) is 0 Å². The second-order valence-electron chi connectivity index (χ2n) is 8.29. The van der Waals surface area contributed by atoms with Gasteiger partial charge in [0.05, 0.1) is 0 Å². The van der Waals surface area contributed by atoms with Gasteiger partial charge in [-0.15, -0.1) is 0 Å². The molecule has 168 valence electrons. The minimum Gasteiger partial charge on any atom is -0.508 e. The predicted octanol–water partition coefficient (Wildman–Crippen LogP) is 7.30. The first-order valence-corrected chi connectivity index (χ1v) is 10.7. The Balaban J connectivity index is 1.83. The highest BCUT2D eigenvalue weighted by atomic mass is 16.5. The van der Waals surface area contributed by atoms with Crippen molar-refractivity contribution in [3.63, 3.8) is 0 Å². The average molecular weight is 442 g/mol. The van der Waals surface area contributed by atoms with Gasteiger partial charge in [0, 0.05) is 23.1 Å². The summed E-state index contributed by atoms with van der Waals surface area (Å²) in [5.41, 5.74) is 6.16. The van der Waals surface area contributed by atoms with Crippen molar-refractivity contribution in [3.05, 3.63) is 95.1 Å². The van der Waals surface area contributed by atoms with E-state index in [0.717, 1.165) is 39.3 Å². The van der Waals surface area contributed by atoms with Crippen molar-refractivity contribution in [2.45, 2.75) is 27.7 Å². The summed E-state index contributed by atoms with van der Waals surface area (Å²) in [5, 5.41) is 29.7. The van der Waals surface area contributed by atoms with Crippen LogP contribution in [0.2, 0.25) is 0 Å². The summed E-state index contributed by atoms with van der Waals surface area (Å²) < 4.78 is 6.24. The normalized spacial score (nSPS) is 10.8. The van der Waals surface area contributed by atoms with Gasteiger partial charge in [-0.2, -0.15) is 0 Å². The van der Waals surface area contributed by atoms with Crippen LogP contribution in [0, 0.1) is 27.7 Å². The Morgan fingerprint density at radius 2 is 1.09 bits per heavy atom. The fraction of sp³-hybridized carbons (Fsp3) is 0.143. The first kappa shape index (κ1) is 22.1. The van der Waals surface area contributed by atoms with Gasteiger partial charge in [0.25, 0.3) is 0 Å². The molecule has 0 aliphatic carbocycles. The van der Waals surface area contributed by atoms with Crippen molar-refractivity contribution >= 4 is 17.1 Å². The second-order valence-corrected chi connectivity index (χ2v) is 8.29. The van der Waals surface area contributed by atoms with E-state index in [1.165, 1.54) is 0 Å². The second kappa shape index (κ2) is 8.79. The summed E-state index contributed by atoms with van der Waals surface area (Å²) in [7, 11) is 0. The number of benzene rings is 4. The molecule has 33 heavy (non-hydrogen) atoms. The fourth-order valence-corrected chi connectivity index (χ4v) is 4.08. The Kier molecular flexibility index (Phi) is 5.88. The fourth-order valence-electron chi connectivity index (χ4n) is 4.08. The monoisotopic (exact) mass is 441 g/mol. The summed E-state index contributed by atoms with van der Waals surface area (Å²) in [5.74, 6) is 1.98. The molecule has 0 saturated carbocycles. The molecule has 5 heteroatoms. The van der Waals surface area contributed by atoms with Gasteiger partial charge in [-0.3, -0.25) is 0 Å². The van der Waals surface area contributed by atoms with Gasteiger partial charge in [-0.25, -0.2) is 0 Å². The lowest BCUT2D eigenvalue weighted by Crippen LogP contribution is -2.12. The van der Waals surface area contributed by atoms with E-state index in [-0.39, 0.29) is 17.2 Å². The van der Waals surface area contributed by atoms with Crippen LogP contribution in [0.1, 0.15) is 22.3 Å². The van der Waals surface area contributed by atoms with Crippen LogP contribution in [0.15, 0.2) is 72.8 Å². The highest BCUT2D eigenvalue weighted by Gasteiger charge is 2.18. The molecule has 0 saturated heterocycles. The standard InChI is InChI=1S/C28H27NO4/c1-17-12-22(30)8-10-26(17)29(27-11-9-23(31)13-18(27)2)21-6-5-7-25(16-21)33-28-19(3)14-24(32)15-20(28)4/h5-16,30-32H,1-4H3. The number of aromatic hydroxyl groups is 3. The quantitative estimate of drug-likeness (QED) is 0.303.